The zero-order chi connectivity index (χ0) is 15.7. The molecule has 6 nitrogen and oxygen atoms in total. The summed E-state index contributed by atoms with van der Waals surface area (Å²) < 4.78 is 0. The van der Waals surface area contributed by atoms with Gasteiger partial charge in [0.2, 0.25) is 0 Å². The molecular weight excluding hydrogens is 282 g/mol. The van der Waals surface area contributed by atoms with Gasteiger partial charge in [-0.3, -0.25) is 9.89 Å². The van der Waals surface area contributed by atoms with Gasteiger partial charge in [-0.05, 0) is 43.9 Å². The minimum atomic E-state index is -1.10. The number of likely N-dealkylation sites (tertiary alicyclic amines) is 1. The van der Waals surface area contributed by atoms with Crippen molar-refractivity contribution in [2.75, 3.05) is 6.54 Å². The van der Waals surface area contributed by atoms with Crippen LogP contribution in [0.25, 0.3) is 10.9 Å². The topological polar surface area (TPSA) is 86.3 Å². The second kappa shape index (κ2) is 5.79. The summed E-state index contributed by atoms with van der Waals surface area (Å²) in [6.45, 7) is 2.87. The molecule has 0 saturated carbocycles. The maximum atomic E-state index is 12.8. The van der Waals surface area contributed by atoms with Crippen LogP contribution in [0, 0.1) is 0 Å². The zero-order valence-corrected chi connectivity index (χ0v) is 12.5. The van der Waals surface area contributed by atoms with Crippen molar-refractivity contribution in [2.45, 2.75) is 38.6 Å². The Labute approximate surface area is 128 Å². The minimum Gasteiger partial charge on any atom is -0.476 e. The molecule has 3 rings (SSSR count). The number of amides is 1. The smallest absolute Gasteiger partial charge is 0.357 e. The van der Waals surface area contributed by atoms with E-state index in [-0.39, 0.29) is 17.6 Å². The van der Waals surface area contributed by atoms with Gasteiger partial charge in [0, 0.05) is 23.5 Å². The molecule has 0 spiro atoms. The standard InChI is InChI=1S/C16H19N3O3/c1-2-11-5-3-4-8-19(11)15(20)10-6-7-13-12(9-10)14(16(21)22)18-17-13/h6-7,9,11H,2-5,8H2,1H3,(H,17,18)(H,21,22). The minimum absolute atomic E-state index is 0.0222. The molecule has 1 unspecified atom stereocenters. The molecular formula is C16H19N3O3. The van der Waals surface area contributed by atoms with E-state index in [0.29, 0.717) is 16.5 Å². The van der Waals surface area contributed by atoms with Crippen LogP contribution in [0.1, 0.15) is 53.5 Å². The SMILES string of the molecule is CCC1CCCCN1C(=O)c1ccc2[nH]nc(C(=O)O)c2c1. The predicted molar refractivity (Wildman–Crippen MR) is 82.0 cm³/mol. The Hall–Kier alpha value is -2.37. The molecule has 22 heavy (non-hydrogen) atoms. The van der Waals surface area contributed by atoms with Crippen molar-refractivity contribution in [2.24, 2.45) is 0 Å². The Bertz CT molecular complexity index is 722. The van der Waals surface area contributed by atoms with E-state index >= 15 is 0 Å². The van der Waals surface area contributed by atoms with Gasteiger partial charge in [-0.1, -0.05) is 6.92 Å². The Morgan fingerprint density at radius 2 is 2.23 bits per heavy atom. The first-order chi connectivity index (χ1) is 10.6. The van der Waals surface area contributed by atoms with Gasteiger partial charge < -0.3 is 10.0 Å². The van der Waals surface area contributed by atoms with Gasteiger partial charge in [0.05, 0.1) is 5.52 Å². The summed E-state index contributed by atoms with van der Waals surface area (Å²) in [6, 6.07) is 5.36. The van der Waals surface area contributed by atoms with Crippen LogP contribution in [0.4, 0.5) is 0 Å². The van der Waals surface area contributed by atoms with Crippen molar-refractivity contribution >= 4 is 22.8 Å². The van der Waals surface area contributed by atoms with Gasteiger partial charge in [-0.2, -0.15) is 5.10 Å². The number of fused-ring (bicyclic) bond motifs is 1. The van der Waals surface area contributed by atoms with Crippen molar-refractivity contribution in [1.82, 2.24) is 15.1 Å². The van der Waals surface area contributed by atoms with Gasteiger partial charge in [-0.25, -0.2) is 4.79 Å². The number of aromatic amines is 1. The van der Waals surface area contributed by atoms with Gasteiger partial charge in [0.1, 0.15) is 0 Å². The Balaban J connectivity index is 1.96. The summed E-state index contributed by atoms with van der Waals surface area (Å²) in [5, 5.41) is 16.1. The molecule has 0 bridgehead atoms. The molecule has 2 aromatic rings. The lowest BCUT2D eigenvalue weighted by Crippen LogP contribution is -2.43. The first kappa shape index (κ1) is 14.6. The van der Waals surface area contributed by atoms with Crippen molar-refractivity contribution in [3.05, 3.63) is 29.5 Å². The van der Waals surface area contributed by atoms with Crippen LogP contribution in [-0.4, -0.2) is 44.7 Å². The molecule has 2 heterocycles. The highest BCUT2D eigenvalue weighted by atomic mass is 16.4. The third-order valence-corrected chi connectivity index (χ3v) is 4.37. The molecule has 1 aromatic heterocycles. The van der Waals surface area contributed by atoms with Crippen LogP contribution < -0.4 is 0 Å². The molecule has 0 radical (unpaired) electrons. The summed E-state index contributed by atoms with van der Waals surface area (Å²) in [5.41, 5.74) is 1.10. The van der Waals surface area contributed by atoms with Crippen LogP contribution in [0.15, 0.2) is 18.2 Å². The quantitative estimate of drug-likeness (QED) is 0.912. The van der Waals surface area contributed by atoms with E-state index in [1.165, 1.54) is 0 Å². The molecule has 1 amide bonds. The average molecular weight is 301 g/mol. The maximum Gasteiger partial charge on any atom is 0.357 e. The summed E-state index contributed by atoms with van der Waals surface area (Å²) in [5.74, 6) is -1.12. The van der Waals surface area contributed by atoms with Crippen LogP contribution >= 0.6 is 0 Å². The van der Waals surface area contributed by atoms with Crippen LogP contribution in [0.2, 0.25) is 0 Å². The number of aromatic carboxylic acids is 1. The zero-order valence-electron chi connectivity index (χ0n) is 12.5. The first-order valence-electron chi connectivity index (χ1n) is 7.64. The number of aromatic nitrogens is 2. The van der Waals surface area contributed by atoms with Crippen LogP contribution in [-0.2, 0) is 0 Å². The number of hydrogen-bond acceptors (Lipinski definition) is 3. The average Bonchev–Trinajstić information content (AvgIpc) is 2.97. The molecule has 1 saturated heterocycles. The highest BCUT2D eigenvalue weighted by Gasteiger charge is 2.26. The Morgan fingerprint density at radius 3 is 2.95 bits per heavy atom. The van der Waals surface area contributed by atoms with E-state index < -0.39 is 5.97 Å². The van der Waals surface area contributed by atoms with Crippen molar-refractivity contribution in [3.8, 4) is 0 Å². The van der Waals surface area contributed by atoms with Crippen LogP contribution in [0.3, 0.4) is 0 Å². The largest absolute Gasteiger partial charge is 0.476 e. The number of benzene rings is 1. The number of carbonyl (C=O) groups is 2. The Morgan fingerprint density at radius 1 is 1.41 bits per heavy atom. The van der Waals surface area contributed by atoms with Gasteiger partial charge >= 0.3 is 5.97 Å². The molecule has 0 aliphatic carbocycles. The number of carboxylic acid groups (broad SMARTS) is 1. The highest BCUT2D eigenvalue weighted by Crippen LogP contribution is 2.24. The number of nitrogens with one attached hydrogen (secondary N) is 1. The summed E-state index contributed by atoms with van der Waals surface area (Å²) in [6.07, 6.45) is 4.17. The number of H-pyrrole nitrogens is 1. The van der Waals surface area contributed by atoms with Crippen molar-refractivity contribution < 1.29 is 14.7 Å². The van der Waals surface area contributed by atoms with Gasteiger partial charge in [-0.15, -0.1) is 0 Å². The van der Waals surface area contributed by atoms with Gasteiger partial charge in [0.25, 0.3) is 5.91 Å². The first-order valence-corrected chi connectivity index (χ1v) is 7.64. The summed E-state index contributed by atoms with van der Waals surface area (Å²) >= 11 is 0. The van der Waals surface area contributed by atoms with Crippen molar-refractivity contribution in [1.29, 1.82) is 0 Å². The van der Waals surface area contributed by atoms with E-state index in [0.717, 1.165) is 32.2 Å². The number of nitrogens with zero attached hydrogens (tertiary/aromatic N) is 2. The summed E-state index contributed by atoms with van der Waals surface area (Å²) in [4.78, 5) is 25.9. The lowest BCUT2D eigenvalue weighted by atomic mass is 9.98. The fourth-order valence-corrected chi connectivity index (χ4v) is 3.17. The van der Waals surface area contributed by atoms with Crippen LogP contribution in [0.5, 0.6) is 0 Å². The normalized spacial score (nSPS) is 18.6. The highest BCUT2D eigenvalue weighted by molar-refractivity contribution is 6.04. The number of piperidine rings is 1. The maximum absolute atomic E-state index is 12.8. The molecule has 1 aliphatic rings. The number of hydrogen-bond donors (Lipinski definition) is 2. The van der Waals surface area contributed by atoms with Gasteiger partial charge in [0.15, 0.2) is 5.69 Å². The number of carbonyl (C=O) groups excluding carboxylic acids is 1. The van der Waals surface area contributed by atoms with E-state index in [2.05, 4.69) is 17.1 Å². The molecule has 6 heteroatoms. The van der Waals surface area contributed by atoms with E-state index in [1.54, 1.807) is 18.2 Å². The fourth-order valence-electron chi connectivity index (χ4n) is 3.17. The monoisotopic (exact) mass is 301 g/mol. The fraction of sp³-hybridized carbons (Fsp3) is 0.438. The summed E-state index contributed by atoms with van der Waals surface area (Å²) in [7, 11) is 0. The lowest BCUT2D eigenvalue weighted by Gasteiger charge is -2.35. The van der Waals surface area contributed by atoms with E-state index in [1.807, 2.05) is 4.90 Å². The van der Waals surface area contributed by atoms with E-state index in [4.69, 9.17) is 5.11 Å². The molecule has 1 fully saturated rings. The lowest BCUT2D eigenvalue weighted by molar-refractivity contribution is 0.0607. The third-order valence-electron chi connectivity index (χ3n) is 4.37. The second-order valence-corrected chi connectivity index (χ2v) is 5.69. The number of rotatable bonds is 3. The second-order valence-electron chi connectivity index (χ2n) is 5.69. The molecule has 1 atom stereocenters. The molecule has 2 N–H and O–H groups in total. The molecule has 1 aromatic carbocycles. The predicted octanol–water partition coefficient (Wildman–Crippen LogP) is 2.67. The Kier molecular flexibility index (Phi) is 3.83. The molecule has 1 aliphatic heterocycles. The molecule has 116 valence electrons. The third kappa shape index (κ3) is 2.45. The van der Waals surface area contributed by atoms with Crippen molar-refractivity contribution in [3.63, 3.8) is 0 Å². The van der Waals surface area contributed by atoms with E-state index in [9.17, 15) is 9.59 Å². The number of carboxylic acids is 1.